The van der Waals surface area contributed by atoms with Crippen LogP contribution in [-0.2, 0) is 4.79 Å². The minimum atomic E-state index is 0.492. The molecule has 1 heterocycles. The van der Waals surface area contributed by atoms with Crippen molar-refractivity contribution in [1.29, 1.82) is 0 Å². The van der Waals surface area contributed by atoms with Gasteiger partial charge in [0.2, 0.25) is 0 Å². The van der Waals surface area contributed by atoms with Gasteiger partial charge in [0.05, 0.1) is 0 Å². The fourth-order valence-electron chi connectivity index (χ4n) is 3.23. The van der Waals surface area contributed by atoms with Gasteiger partial charge in [-0.3, -0.25) is 9.69 Å². The number of hydrogen-bond donors (Lipinski definition) is 0. The molecular formula is C13H23NO. The largest absolute Gasteiger partial charge is 0.300 e. The summed E-state index contributed by atoms with van der Waals surface area (Å²) in [5.41, 5.74) is 0. The van der Waals surface area contributed by atoms with Crippen LogP contribution in [0.4, 0.5) is 0 Å². The Hall–Kier alpha value is -0.370. The van der Waals surface area contributed by atoms with Gasteiger partial charge in [-0.2, -0.15) is 0 Å². The zero-order valence-electron chi connectivity index (χ0n) is 9.87. The first kappa shape index (κ1) is 11.1. The summed E-state index contributed by atoms with van der Waals surface area (Å²) in [4.78, 5) is 14.1. The molecule has 0 aromatic carbocycles. The van der Waals surface area contributed by atoms with E-state index in [1.54, 1.807) is 0 Å². The predicted octanol–water partition coefficient (Wildman–Crippen LogP) is 2.76. The second-order valence-electron chi connectivity index (χ2n) is 5.08. The van der Waals surface area contributed by atoms with Crippen LogP contribution in [0, 0.1) is 0 Å². The van der Waals surface area contributed by atoms with Crippen molar-refractivity contribution in [3.05, 3.63) is 0 Å². The molecule has 0 spiro atoms. The zero-order valence-corrected chi connectivity index (χ0v) is 9.87. The summed E-state index contributed by atoms with van der Waals surface area (Å²) in [5, 5.41) is 0. The maximum Gasteiger partial charge on any atom is 0.134 e. The highest BCUT2D eigenvalue weighted by atomic mass is 16.1. The summed E-state index contributed by atoms with van der Waals surface area (Å²) in [6.07, 6.45) is 9.36. The van der Waals surface area contributed by atoms with Gasteiger partial charge in [0.25, 0.3) is 0 Å². The number of likely N-dealkylation sites (tertiary alicyclic amines) is 1. The zero-order chi connectivity index (χ0) is 10.7. The van der Waals surface area contributed by atoms with E-state index in [4.69, 9.17) is 0 Å². The van der Waals surface area contributed by atoms with E-state index in [0.717, 1.165) is 25.3 Å². The van der Waals surface area contributed by atoms with Crippen LogP contribution >= 0.6 is 0 Å². The Bertz CT molecular complexity index is 227. The van der Waals surface area contributed by atoms with Crippen LogP contribution in [0.15, 0.2) is 0 Å². The van der Waals surface area contributed by atoms with Crippen LogP contribution < -0.4 is 0 Å². The summed E-state index contributed by atoms with van der Waals surface area (Å²) >= 11 is 0. The van der Waals surface area contributed by atoms with E-state index in [0.29, 0.717) is 11.8 Å². The lowest BCUT2D eigenvalue weighted by atomic mass is 9.89. The molecule has 0 aromatic rings. The normalized spacial score (nSPS) is 34.3. The van der Waals surface area contributed by atoms with Crippen molar-refractivity contribution in [2.75, 3.05) is 6.54 Å². The molecule has 1 aliphatic heterocycles. The first-order valence-electron chi connectivity index (χ1n) is 6.58. The van der Waals surface area contributed by atoms with Crippen LogP contribution in [0.3, 0.4) is 0 Å². The Morgan fingerprint density at radius 2 is 2.13 bits per heavy atom. The maximum atomic E-state index is 11.5. The smallest absolute Gasteiger partial charge is 0.134 e. The molecular weight excluding hydrogens is 186 g/mol. The second-order valence-corrected chi connectivity index (χ2v) is 5.08. The van der Waals surface area contributed by atoms with Gasteiger partial charge in [0.1, 0.15) is 5.78 Å². The van der Waals surface area contributed by atoms with Gasteiger partial charge >= 0.3 is 0 Å². The molecule has 0 aromatic heterocycles. The van der Waals surface area contributed by atoms with E-state index in [-0.39, 0.29) is 0 Å². The van der Waals surface area contributed by atoms with Gasteiger partial charge in [0, 0.05) is 24.9 Å². The van der Waals surface area contributed by atoms with Crippen LogP contribution in [0.25, 0.3) is 0 Å². The molecule has 2 fully saturated rings. The lowest BCUT2D eigenvalue weighted by Gasteiger charge is -2.42. The fraction of sp³-hybridized carbons (Fsp3) is 0.923. The van der Waals surface area contributed by atoms with Gasteiger partial charge in [-0.15, -0.1) is 0 Å². The number of carbonyl (C=O) groups is 1. The number of rotatable bonds is 2. The maximum absolute atomic E-state index is 11.5. The molecule has 1 saturated heterocycles. The molecule has 2 nitrogen and oxygen atoms in total. The third kappa shape index (κ3) is 2.60. The van der Waals surface area contributed by atoms with Gasteiger partial charge in [-0.1, -0.05) is 13.3 Å². The molecule has 1 aliphatic carbocycles. The number of carbonyl (C=O) groups excluding carboxylic acids is 1. The van der Waals surface area contributed by atoms with Crippen molar-refractivity contribution < 1.29 is 4.79 Å². The third-order valence-corrected chi connectivity index (χ3v) is 4.07. The number of hydrogen-bond acceptors (Lipinski definition) is 2. The molecule has 0 radical (unpaired) electrons. The van der Waals surface area contributed by atoms with E-state index in [2.05, 4.69) is 11.8 Å². The van der Waals surface area contributed by atoms with Crippen molar-refractivity contribution in [1.82, 2.24) is 4.90 Å². The van der Waals surface area contributed by atoms with Gasteiger partial charge < -0.3 is 0 Å². The molecule has 0 amide bonds. The van der Waals surface area contributed by atoms with Gasteiger partial charge in [0.15, 0.2) is 0 Å². The summed E-state index contributed by atoms with van der Waals surface area (Å²) in [5.74, 6) is 0.492. The van der Waals surface area contributed by atoms with Crippen LogP contribution in [-0.4, -0.2) is 29.3 Å². The topological polar surface area (TPSA) is 20.3 Å². The molecule has 86 valence electrons. The number of nitrogens with zero attached hydrogens (tertiary/aromatic N) is 1. The van der Waals surface area contributed by atoms with E-state index in [1.807, 2.05) is 0 Å². The molecule has 15 heavy (non-hydrogen) atoms. The average Bonchev–Trinajstić information content (AvgIpc) is 2.29. The highest BCUT2D eigenvalue weighted by molar-refractivity contribution is 5.79. The molecule has 0 N–H and O–H groups in total. The first-order chi connectivity index (χ1) is 7.31. The Kier molecular flexibility index (Phi) is 3.79. The van der Waals surface area contributed by atoms with Crippen molar-refractivity contribution in [2.45, 2.75) is 70.4 Å². The van der Waals surface area contributed by atoms with Gasteiger partial charge in [-0.25, -0.2) is 0 Å². The molecule has 2 atom stereocenters. The van der Waals surface area contributed by atoms with E-state index >= 15 is 0 Å². The standard InChI is InChI=1S/C13H23NO/c1-2-11-6-3-4-9-14(11)12-7-5-8-13(15)10-12/h11-12H,2-10H2,1H3. The van der Waals surface area contributed by atoms with E-state index in [1.165, 1.54) is 38.6 Å². The predicted molar refractivity (Wildman–Crippen MR) is 61.9 cm³/mol. The van der Waals surface area contributed by atoms with Crippen molar-refractivity contribution in [2.24, 2.45) is 0 Å². The minimum Gasteiger partial charge on any atom is -0.300 e. The van der Waals surface area contributed by atoms with Crippen LogP contribution in [0.5, 0.6) is 0 Å². The number of Topliss-reactive ketones (excluding diaryl/α,β-unsaturated/α-hetero) is 1. The SMILES string of the molecule is CCC1CCCCN1C1CCCC(=O)C1. The lowest BCUT2D eigenvalue weighted by Crippen LogP contribution is -2.47. The molecule has 0 bridgehead atoms. The third-order valence-electron chi connectivity index (χ3n) is 4.07. The van der Waals surface area contributed by atoms with Crippen molar-refractivity contribution >= 4 is 5.78 Å². The number of ketones is 1. The summed E-state index contributed by atoms with van der Waals surface area (Å²) in [7, 11) is 0. The van der Waals surface area contributed by atoms with Crippen molar-refractivity contribution in [3.63, 3.8) is 0 Å². The molecule has 2 heteroatoms. The Labute approximate surface area is 93.0 Å². The number of piperidine rings is 1. The van der Waals surface area contributed by atoms with Crippen molar-refractivity contribution in [3.8, 4) is 0 Å². The quantitative estimate of drug-likeness (QED) is 0.697. The van der Waals surface area contributed by atoms with Crippen LogP contribution in [0.1, 0.15) is 58.3 Å². The van der Waals surface area contributed by atoms with E-state index in [9.17, 15) is 4.79 Å². The first-order valence-corrected chi connectivity index (χ1v) is 6.58. The van der Waals surface area contributed by atoms with E-state index < -0.39 is 0 Å². The summed E-state index contributed by atoms with van der Waals surface area (Å²) < 4.78 is 0. The monoisotopic (exact) mass is 209 g/mol. The molecule has 1 saturated carbocycles. The highest BCUT2D eigenvalue weighted by Crippen LogP contribution is 2.28. The summed E-state index contributed by atoms with van der Waals surface area (Å²) in [6, 6.07) is 1.34. The highest BCUT2D eigenvalue weighted by Gasteiger charge is 2.30. The summed E-state index contributed by atoms with van der Waals surface area (Å²) in [6.45, 7) is 3.52. The Balaban J connectivity index is 1.97. The molecule has 2 aliphatic rings. The minimum absolute atomic E-state index is 0.492. The lowest BCUT2D eigenvalue weighted by molar-refractivity contribution is -0.122. The molecule has 2 unspecified atom stereocenters. The second kappa shape index (κ2) is 5.11. The fourth-order valence-corrected chi connectivity index (χ4v) is 3.23. The van der Waals surface area contributed by atoms with Crippen LogP contribution in [0.2, 0.25) is 0 Å². The van der Waals surface area contributed by atoms with Gasteiger partial charge in [-0.05, 0) is 38.6 Å². The Morgan fingerprint density at radius 1 is 1.27 bits per heavy atom. The Morgan fingerprint density at radius 3 is 2.87 bits per heavy atom. The molecule has 2 rings (SSSR count). The average molecular weight is 209 g/mol.